The third-order valence-electron chi connectivity index (χ3n) is 5.25. The van der Waals surface area contributed by atoms with Crippen LogP contribution in [0.5, 0.6) is 0 Å². The van der Waals surface area contributed by atoms with Crippen molar-refractivity contribution in [2.45, 2.75) is 57.7 Å². The van der Waals surface area contributed by atoms with Crippen molar-refractivity contribution in [2.75, 3.05) is 13.1 Å². The average molecular weight is 329 g/mol. The molecule has 130 valence electrons. The van der Waals surface area contributed by atoms with Crippen molar-refractivity contribution in [3.05, 3.63) is 35.9 Å². The van der Waals surface area contributed by atoms with Gasteiger partial charge in [0.1, 0.15) is 0 Å². The predicted octanol–water partition coefficient (Wildman–Crippen LogP) is 2.76. The van der Waals surface area contributed by atoms with E-state index in [0.717, 1.165) is 32.4 Å². The number of hydrogen-bond donors (Lipinski definition) is 1. The maximum absolute atomic E-state index is 12.4. The van der Waals surface area contributed by atoms with Gasteiger partial charge in [0.25, 0.3) is 0 Å². The third-order valence-corrected chi connectivity index (χ3v) is 5.25. The third kappa shape index (κ3) is 3.40. The van der Waals surface area contributed by atoms with E-state index in [1.165, 1.54) is 5.56 Å². The zero-order valence-electron chi connectivity index (χ0n) is 14.6. The topological polar surface area (TPSA) is 52.7 Å². The molecule has 0 radical (unpaired) electrons. The number of nitrogens with one attached hydrogen (secondary N) is 1. The molecule has 0 aromatic heterocycles. The quantitative estimate of drug-likeness (QED) is 0.927. The second-order valence-corrected chi connectivity index (χ2v) is 7.28. The molecule has 0 aliphatic carbocycles. The van der Waals surface area contributed by atoms with Crippen LogP contribution in [0.1, 0.15) is 45.1 Å². The lowest BCUT2D eigenvalue weighted by atomic mass is 9.85. The van der Waals surface area contributed by atoms with Gasteiger partial charge in [0.2, 0.25) is 5.91 Å². The predicted molar refractivity (Wildman–Crippen MR) is 93.4 cm³/mol. The maximum Gasteiger partial charge on any atom is 0.317 e. The summed E-state index contributed by atoms with van der Waals surface area (Å²) in [6.07, 6.45) is 3.29. The number of hydrogen-bond acceptors (Lipinski definition) is 2. The van der Waals surface area contributed by atoms with Crippen LogP contribution in [0.15, 0.2) is 30.3 Å². The Hall–Kier alpha value is -2.04. The van der Waals surface area contributed by atoms with E-state index in [1.807, 2.05) is 36.9 Å². The highest BCUT2D eigenvalue weighted by atomic mass is 16.2. The number of carbonyl (C=O) groups excluding carboxylic acids is 2. The lowest BCUT2D eigenvalue weighted by Crippen LogP contribution is -2.55. The van der Waals surface area contributed by atoms with Crippen LogP contribution in [0.4, 0.5) is 4.79 Å². The number of benzene rings is 1. The molecule has 2 aliphatic heterocycles. The Morgan fingerprint density at radius 1 is 1.17 bits per heavy atom. The zero-order valence-corrected chi connectivity index (χ0v) is 14.6. The summed E-state index contributed by atoms with van der Waals surface area (Å²) in [7, 11) is 0. The van der Waals surface area contributed by atoms with Crippen LogP contribution in [-0.2, 0) is 11.3 Å². The largest absolute Gasteiger partial charge is 0.336 e. The molecule has 5 heteroatoms. The smallest absolute Gasteiger partial charge is 0.317 e. The minimum Gasteiger partial charge on any atom is -0.336 e. The number of piperidine rings is 1. The van der Waals surface area contributed by atoms with Gasteiger partial charge in [-0.05, 0) is 38.7 Å². The van der Waals surface area contributed by atoms with E-state index in [0.29, 0.717) is 13.0 Å². The summed E-state index contributed by atoms with van der Waals surface area (Å²) in [6, 6.07) is 10.3. The Morgan fingerprint density at radius 3 is 2.46 bits per heavy atom. The number of nitrogens with zero attached hydrogens (tertiary/aromatic N) is 2. The summed E-state index contributed by atoms with van der Waals surface area (Å²) >= 11 is 0. The van der Waals surface area contributed by atoms with E-state index in [9.17, 15) is 9.59 Å². The Kier molecular flexibility index (Phi) is 4.78. The van der Waals surface area contributed by atoms with Gasteiger partial charge >= 0.3 is 6.03 Å². The molecule has 3 amide bonds. The molecule has 0 bridgehead atoms. The molecule has 1 N–H and O–H groups in total. The molecular formula is C19H27N3O2. The lowest BCUT2D eigenvalue weighted by Gasteiger charge is -2.45. The molecule has 1 spiro atoms. The number of amides is 3. The normalized spacial score (nSPS) is 20.0. The van der Waals surface area contributed by atoms with E-state index in [4.69, 9.17) is 0 Å². The van der Waals surface area contributed by atoms with E-state index < -0.39 is 0 Å². The fourth-order valence-corrected chi connectivity index (χ4v) is 3.88. The summed E-state index contributed by atoms with van der Waals surface area (Å²) in [5, 5.41) is 2.96. The van der Waals surface area contributed by atoms with Crippen LogP contribution in [0, 0.1) is 0 Å². The standard InChI is InChI=1S/C19H27N3O2/c1-15(2)20-18(24)21-12-10-19(11-13-21)9-8-17(23)22(19)14-16-6-4-3-5-7-16/h3-7,15H,8-14H2,1-2H3,(H,20,24). The highest BCUT2D eigenvalue weighted by Crippen LogP contribution is 2.40. The molecule has 2 fully saturated rings. The Morgan fingerprint density at radius 2 is 1.83 bits per heavy atom. The molecule has 2 heterocycles. The van der Waals surface area contributed by atoms with Gasteiger partial charge in [0.05, 0.1) is 0 Å². The Labute approximate surface area is 144 Å². The molecular weight excluding hydrogens is 302 g/mol. The second-order valence-electron chi connectivity index (χ2n) is 7.28. The fourth-order valence-electron chi connectivity index (χ4n) is 3.88. The van der Waals surface area contributed by atoms with Crippen molar-refractivity contribution >= 4 is 11.9 Å². The SMILES string of the molecule is CC(C)NC(=O)N1CCC2(CCC(=O)N2Cc2ccccc2)CC1. The van der Waals surface area contributed by atoms with E-state index in [1.54, 1.807) is 0 Å². The van der Waals surface area contributed by atoms with Crippen LogP contribution in [0.3, 0.4) is 0 Å². The molecule has 24 heavy (non-hydrogen) atoms. The van der Waals surface area contributed by atoms with E-state index in [-0.39, 0.29) is 23.5 Å². The molecule has 0 saturated carbocycles. The van der Waals surface area contributed by atoms with Crippen molar-refractivity contribution in [2.24, 2.45) is 0 Å². The van der Waals surface area contributed by atoms with E-state index in [2.05, 4.69) is 22.3 Å². The van der Waals surface area contributed by atoms with Crippen LogP contribution >= 0.6 is 0 Å². The highest BCUT2D eigenvalue weighted by molar-refractivity contribution is 5.80. The van der Waals surface area contributed by atoms with Gasteiger partial charge in [-0.25, -0.2) is 4.79 Å². The Balaban J connectivity index is 1.67. The fraction of sp³-hybridized carbons (Fsp3) is 0.579. The Bertz CT molecular complexity index is 592. The number of rotatable bonds is 3. The van der Waals surface area contributed by atoms with Crippen molar-refractivity contribution in [1.82, 2.24) is 15.1 Å². The van der Waals surface area contributed by atoms with Gasteiger partial charge in [0, 0.05) is 37.6 Å². The van der Waals surface area contributed by atoms with Gasteiger partial charge < -0.3 is 15.1 Å². The summed E-state index contributed by atoms with van der Waals surface area (Å²) in [5.74, 6) is 0.249. The molecule has 1 aromatic rings. The maximum atomic E-state index is 12.4. The van der Waals surface area contributed by atoms with E-state index >= 15 is 0 Å². The minimum atomic E-state index is -0.0679. The first-order valence-electron chi connectivity index (χ1n) is 8.90. The van der Waals surface area contributed by atoms with Crippen molar-refractivity contribution in [1.29, 1.82) is 0 Å². The monoisotopic (exact) mass is 329 g/mol. The lowest BCUT2D eigenvalue weighted by molar-refractivity contribution is -0.133. The van der Waals surface area contributed by atoms with Crippen molar-refractivity contribution in [3.63, 3.8) is 0 Å². The molecule has 2 saturated heterocycles. The first-order valence-corrected chi connectivity index (χ1v) is 8.90. The molecule has 5 nitrogen and oxygen atoms in total. The average Bonchev–Trinajstić information content (AvgIpc) is 2.85. The summed E-state index contributed by atoms with van der Waals surface area (Å²) in [5.41, 5.74) is 1.11. The zero-order chi connectivity index (χ0) is 17.2. The van der Waals surface area contributed by atoms with Gasteiger partial charge in [0.15, 0.2) is 0 Å². The first-order chi connectivity index (χ1) is 11.5. The summed E-state index contributed by atoms with van der Waals surface area (Å²) in [6.45, 7) is 6.06. The van der Waals surface area contributed by atoms with Crippen LogP contribution in [0.25, 0.3) is 0 Å². The molecule has 1 aromatic carbocycles. The van der Waals surface area contributed by atoms with Crippen LogP contribution in [0.2, 0.25) is 0 Å². The van der Waals surface area contributed by atoms with Crippen molar-refractivity contribution < 1.29 is 9.59 Å². The number of carbonyl (C=O) groups is 2. The van der Waals surface area contributed by atoms with Crippen molar-refractivity contribution in [3.8, 4) is 0 Å². The van der Waals surface area contributed by atoms with Gasteiger partial charge in [-0.2, -0.15) is 0 Å². The highest BCUT2D eigenvalue weighted by Gasteiger charge is 2.47. The van der Waals surface area contributed by atoms with Crippen LogP contribution in [-0.4, -0.2) is 46.4 Å². The minimum absolute atomic E-state index is 0.0128. The molecule has 3 rings (SSSR count). The molecule has 2 aliphatic rings. The second kappa shape index (κ2) is 6.83. The molecule has 0 atom stereocenters. The molecule has 0 unspecified atom stereocenters. The summed E-state index contributed by atoms with van der Waals surface area (Å²) < 4.78 is 0. The number of likely N-dealkylation sites (tertiary alicyclic amines) is 2. The van der Waals surface area contributed by atoms with Gasteiger partial charge in [-0.15, -0.1) is 0 Å². The van der Waals surface area contributed by atoms with Gasteiger partial charge in [-0.3, -0.25) is 4.79 Å². The summed E-state index contributed by atoms with van der Waals surface area (Å²) in [4.78, 5) is 28.6. The van der Waals surface area contributed by atoms with Crippen LogP contribution < -0.4 is 5.32 Å². The number of urea groups is 1. The first kappa shape index (κ1) is 16.8. The van der Waals surface area contributed by atoms with Gasteiger partial charge in [-0.1, -0.05) is 30.3 Å².